The number of esters is 1. The Labute approximate surface area is 172 Å². The Bertz CT molecular complexity index is 946. The van der Waals surface area contributed by atoms with Crippen molar-refractivity contribution in [1.29, 1.82) is 0 Å². The second kappa shape index (κ2) is 9.26. The van der Waals surface area contributed by atoms with Crippen LogP contribution < -0.4 is 0 Å². The molecule has 1 saturated heterocycles. The highest BCUT2D eigenvalue weighted by molar-refractivity contribution is 7.13. The molecule has 2 heterocycles. The molecule has 0 radical (unpaired) electrons. The van der Waals surface area contributed by atoms with Gasteiger partial charge in [-0.3, -0.25) is 4.90 Å². The Morgan fingerprint density at radius 1 is 1.21 bits per heavy atom. The molecule has 0 bridgehead atoms. The molecule has 0 amide bonds. The van der Waals surface area contributed by atoms with Crippen molar-refractivity contribution in [3.8, 4) is 10.6 Å². The lowest BCUT2D eigenvalue weighted by Gasteiger charge is -2.32. The van der Waals surface area contributed by atoms with Gasteiger partial charge in [-0.2, -0.15) is 0 Å². The van der Waals surface area contributed by atoms with E-state index in [0.717, 1.165) is 18.7 Å². The number of rotatable bonds is 6. The number of carbonyl (C=O) groups is 1. The van der Waals surface area contributed by atoms with Gasteiger partial charge in [0.2, 0.25) is 0 Å². The highest BCUT2D eigenvalue weighted by atomic mass is 32.1. The van der Waals surface area contributed by atoms with Gasteiger partial charge in [0.1, 0.15) is 23.5 Å². The van der Waals surface area contributed by atoms with E-state index in [2.05, 4.69) is 22.0 Å². The molecule has 0 aliphatic carbocycles. The zero-order chi connectivity index (χ0) is 20.1. The van der Waals surface area contributed by atoms with Crippen LogP contribution in [0.25, 0.3) is 10.6 Å². The van der Waals surface area contributed by atoms with Gasteiger partial charge in [0.15, 0.2) is 5.69 Å². The molecule has 2 aromatic carbocycles. The van der Waals surface area contributed by atoms with E-state index in [4.69, 9.17) is 9.47 Å². The van der Waals surface area contributed by atoms with Gasteiger partial charge in [0, 0.05) is 30.6 Å². The molecule has 1 aromatic heterocycles. The maximum Gasteiger partial charge on any atom is 0.357 e. The van der Waals surface area contributed by atoms with Gasteiger partial charge in [0.25, 0.3) is 0 Å². The van der Waals surface area contributed by atoms with E-state index in [-0.39, 0.29) is 24.2 Å². The van der Waals surface area contributed by atoms with Gasteiger partial charge in [-0.15, -0.1) is 11.3 Å². The molecule has 4 rings (SSSR count). The van der Waals surface area contributed by atoms with Crippen LogP contribution in [0.1, 0.15) is 16.1 Å². The third-order valence-electron chi connectivity index (χ3n) is 4.68. The highest BCUT2D eigenvalue weighted by Gasteiger charge is 2.23. The molecule has 1 unspecified atom stereocenters. The van der Waals surface area contributed by atoms with Gasteiger partial charge in [-0.05, 0) is 29.8 Å². The lowest BCUT2D eigenvalue weighted by atomic mass is 10.2. The second-order valence-corrected chi connectivity index (χ2v) is 7.71. The number of morpholine rings is 1. The number of carbonyl (C=O) groups excluding carboxylic acids is 1. The minimum atomic E-state index is -0.474. The average molecular weight is 412 g/mol. The van der Waals surface area contributed by atoms with Gasteiger partial charge in [-0.25, -0.2) is 14.2 Å². The van der Waals surface area contributed by atoms with Crippen LogP contribution in [-0.4, -0.2) is 48.3 Å². The molecule has 0 spiro atoms. The average Bonchev–Trinajstić information content (AvgIpc) is 3.24. The van der Waals surface area contributed by atoms with Crippen LogP contribution >= 0.6 is 11.3 Å². The molecule has 1 fully saturated rings. The first kappa shape index (κ1) is 19.7. The highest BCUT2D eigenvalue weighted by Crippen LogP contribution is 2.24. The summed E-state index contributed by atoms with van der Waals surface area (Å²) in [6.07, 6.45) is -0.161. The third kappa shape index (κ3) is 5.26. The molecular formula is C22H21FN2O3S. The lowest BCUT2D eigenvalue weighted by Crippen LogP contribution is -2.44. The first-order chi connectivity index (χ1) is 14.2. The zero-order valence-electron chi connectivity index (χ0n) is 15.8. The van der Waals surface area contributed by atoms with E-state index in [0.29, 0.717) is 18.2 Å². The molecule has 0 saturated carbocycles. The number of ether oxygens (including phenoxy) is 2. The first-order valence-electron chi connectivity index (χ1n) is 9.44. The topological polar surface area (TPSA) is 51.7 Å². The Balaban J connectivity index is 1.29. The summed E-state index contributed by atoms with van der Waals surface area (Å²) in [5, 5.41) is 2.31. The van der Waals surface area contributed by atoms with Crippen LogP contribution in [0.2, 0.25) is 0 Å². The van der Waals surface area contributed by atoms with Crippen molar-refractivity contribution >= 4 is 17.3 Å². The maximum absolute atomic E-state index is 13.1. The van der Waals surface area contributed by atoms with E-state index in [1.54, 1.807) is 17.5 Å². The summed E-state index contributed by atoms with van der Waals surface area (Å²) in [4.78, 5) is 19.0. The van der Waals surface area contributed by atoms with Gasteiger partial charge >= 0.3 is 5.97 Å². The minimum Gasteiger partial charge on any atom is -0.458 e. The normalized spacial score (nSPS) is 17.2. The van der Waals surface area contributed by atoms with Gasteiger partial charge < -0.3 is 9.47 Å². The maximum atomic E-state index is 13.1. The van der Waals surface area contributed by atoms with Gasteiger partial charge in [0.05, 0.1) is 6.61 Å². The number of nitrogens with zero attached hydrogens (tertiary/aromatic N) is 2. The fourth-order valence-electron chi connectivity index (χ4n) is 3.20. The molecule has 5 nitrogen and oxygen atoms in total. The predicted octanol–water partition coefficient (Wildman–Crippen LogP) is 4.01. The first-order valence-corrected chi connectivity index (χ1v) is 10.3. The Morgan fingerprint density at radius 2 is 2.00 bits per heavy atom. The summed E-state index contributed by atoms with van der Waals surface area (Å²) >= 11 is 1.33. The Morgan fingerprint density at radius 3 is 2.79 bits per heavy atom. The second-order valence-electron chi connectivity index (χ2n) is 6.86. The summed E-state index contributed by atoms with van der Waals surface area (Å²) in [7, 11) is 0. The number of hydrogen-bond acceptors (Lipinski definition) is 6. The number of aromatic nitrogens is 1. The summed E-state index contributed by atoms with van der Waals surface area (Å²) in [6, 6.07) is 16.3. The van der Waals surface area contributed by atoms with Crippen molar-refractivity contribution in [2.75, 3.05) is 26.3 Å². The van der Waals surface area contributed by atoms with Crippen molar-refractivity contribution in [2.45, 2.75) is 12.6 Å². The van der Waals surface area contributed by atoms with Crippen molar-refractivity contribution in [2.24, 2.45) is 0 Å². The van der Waals surface area contributed by atoms with Crippen LogP contribution in [0.4, 0.5) is 4.39 Å². The van der Waals surface area contributed by atoms with E-state index in [9.17, 15) is 9.18 Å². The van der Waals surface area contributed by atoms with E-state index in [1.807, 2.05) is 18.2 Å². The van der Waals surface area contributed by atoms with Crippen molar-refractivity contribution < 1.29 is 18.7 Å². The smallest absolute Gasteiger partial charge is 0.357 e. The Kier molecular flexibility index (Phi) is 6.29. The number of halogens is 1. The SMILES string of the molecule is O=C(OCC1CN(Cc2ccccc2)CCO1)c1csc(-c2ccc(F)cc2)n1. The van der Waals surface area contributed by atoms with Crippen LogP contribution in [0.5, 0.6) is 0 Å². The van der Waals surface area contributed by atoms with Gasteiger partial charge in [-0.1, -0.05) is 30.3 Å². The summed E-state index contributed by atoms with van der Waals surface area (Å²) < 4.78 is 24.2. The number of benzene rings is 2. The number of hydrogen-bond donors (Lipinski definition) is 0. The van der Waals surface area contributed by atoms with Crippen LogP contribution in [0, 0.1) is 5.82 Å². The summed E-state index contributed by atoms with van der Waals surface area (Å²) in [5.74, 6) is -0.780. The van der Waals surface area contributed by atoms with Crippen molar-refractivity contribution in [1.82, 2.24) is 9.88 Å². The van der Waals surface area contributed by atoms with Crippen molar-refractivity contribution in [3.63, 3.8) is 0 Å². The van der Waals surface area contributed by atoms with E-state index >= 15 is 0 Å². The predicted molar refractivity (Wildman–Crippen MR) is 109 cm³/mol. The van der Waals surface area contributed by atoms with E-state index in [1.165, 1.54) is 29.0 Å². The van der Waals surface area contributed by atoms with Crippen LogP contribution in [-0.2, 0) is 16.0 Å². The molecule has 7 heteroatoms. The largest absolute Gasteiger partial charge is 0.458 e. The summed E-state index contributed by atoms with van der Waals surface area (Å²) in [5.41, 5.74) is 2.27. The fraction of sp³-hybridized carbons (Fsp3) is 0.273. The molecule has 1 aliphatic heterocycles. The monoisotopic (exact) mass is 412 g/mol. The zero-order valence-corrected chi connectivity index (χ0v) is 16.6. The Hall–Kier alpha value is -2.61. The lowest BCUT2D eigenvalue weighted by molar-refractivity contribution is -0.0613. The van der Waals surface area contributed by atoms with Crippen LogP contribution in [0.3, 0.4) is 0 Å². The molecule has 150 valence electrons. The number of thiazole rings is 1. The van der Waals surface area contributed by atoms with Crippen LogP contribution in [0.15, 0.2) is 60.0 Å². The summed E-state index contributed by atoms with van der Waals surface area (Å²) in [6.45, 7) is 3.21. The quantitative estimate of drug-likeness (QED) is 0.573. The minimum absolute atomic E-state index is 0.161. The molecule has 29 heavy (non-hydrogen) atoms. The molecular weight excluding hydrogens is 391 g/mol. The molecule has 0 N–H and O–H groups in total. The van der Waals surface area contributed by atoms with E-state index < -0.39 is 5.97 Å². The standard InChI is InChI=1S/C22H21FN2O3S/c23-18-8-6-17(7-9-18)21-24-20(15-29-21)22(26)28-14-19-13-25(10-11-27-19)12-16-4-2-1-3-5-16/h1-9,15,19H,10-14H2. The molecule has 3 aromatic rings. The molecule has 1 atom stereocenters. The fourth-order valence-corrected chi connectivity index (χ4v) is 4.00. The van der Waals surface area contributed by atoms with Crippen molar-refractivity contribution in [3.05, 3.63) is 77.1 Å². The molecule has 1 aliphatic rings. The third-order valence-corrected chi connectivity index (χ3v) is 5.57.